The molecule has 7 nitrogen and oxygen atoms in total. The zero-order valence-electron chi connectivity index (χ0n) is 14.9. The Morgan fingerprint density at radius 2 is 1.76 bits per heavy atom. The average molecular weight is 479 g/mol. The van der Waals surface area contributed by atoms with E-state index >= 15 is 0 Å². The summed E-state index contributed by atoms with van der Waals surface area (Å²) in [6.45, 7) is 0.220. The maximum Gasteiger partial charge on any atom is 0.319 e. The minimum atomic E-state index is -3.88. The normalized spacial score (nSPS) is 11.0. The fraction of sp³-hybridized carbons (Fsp3) is 0.0526. The predicted octanol–water partition coefficient (Wildman–Crippen LogP) is 4.11. The Balaban J connectivity index is 1.70. The quantitative estimate of drug-likeness (QED) is 0.496. The monoisotopic (exact) mass is 478 g/mol. The molecule has 3 rings (SSSR count). The molecule has 0 aliphatic heterocycles. The number of benzene rings is 2. The number of pyridine rings is 1. The number of nitrogens with one attached hydrogen (secondary N) is 3. The van der Waals surface area contributed by atoms with Crippen molar-refractivity contribution < 1.29 is 17.6 Å². The van der Waals surface area contributed by atoms with Crippen LogP contribution in [0, 0.1) is 5.82 Å². The Morgan fingerprint density at radius 3 is 2.45 bits per heavy atom. The highest BCUT2D eigenvalue weighted by Gasteiger charge is 2.19. The molecule has 2 aromatic carbocycles. The Hall–Kier alpha value is -2.98. The number of nitrogens with zero attached hydrogens (tertiary/aromatic N) is 1. The summed E-state index contributed by atoms with van der Waals surface area (Å²) < 4.78 is 41.6. The van der Waals surface area contributed by atoms with Crippen molar-refractivity contribution in [3.8, 4) is 0 Å². The van der Waals surface area contributed by atoms with Crippen LogP contribution >= 0.6 is 15.9 Å². The average Bonchev–Trinajstić information content (AvgIpc) is 2.73. The summed E-state index contributed by atoms with van der Waals surface area (Å²) in [4.78, 5) is 16.0. The number of hydrogen-bond acceptors (Lipinski definition) is 4. The first kappa shape index (κ1) is 20.7. The van der Waals surface area contributed by atoms with E-state index in [-0.39, 0.29) is 27.3 Å². The van der Waals surface area contributed by atoms with Gasteiger partial charge in [0.05, 0.1) is 20.7 Å². The molecule has 10 heteroatoms. The number of rotatable bonds is 6. The summed E-state index contributed by atoms with van der Waals surface area (Å²) in [6.07, 6.45) is 3.22. The van der Waals surface area contributed by atoms with Gasteiger partial charge in [-0.1, -0.05) is 24.3 Å². The summed E-state index contributed by atoms with van der Waals surface area (Å²) in [5.41, 5.74) is 0.686. The topological polar surface area (TPSA) is 100 Å². The number of urea groups is 1. The van der Waals surface area contributed by atoms with E-state index in [1.165, 1.54) is 24.3 Å². The van der Waals surface area contributed by atoms with Gasteiger partial charge in [0.15, 0.2) is 5.82 Å². The van der Waals surface area contributed by atoms with Crippen molar-refractivity contribution in [1.29, 1.82) is 0 Å². The minimum Gasteiger partial charge on any atom is -0.334 e. The van der Waals surface area contributed by atoms with Crippen LogP contribution in [0.4, 0.5) is 20.6 Å². The molecule has 0 saturated heterocycles. The van der Waals surface area contributed by atoms with Crippen LogP contribution in [-0.2, 0) is 16.6 Å². The van der Waals surface area contributed by atoms with E-state index in [1.807, 2.05) is 0 Å². The first-order valence-electron chi connectivity index (χ1n) is 8.36. The van der Waals surface area contributed by atoms with Gasteiger partial charge in [-0.25, -0.2) is 17.6 Å². The van der Waals surface area contributed by atoms with E-state index in [9.17, 15) is 17.6 Å². The van der Waals surface area contributed by atoms with Crippen molar-refractivity contribution in [2.75, 3.05) is 10.0 Å². The van der Waals surface area contributed by atoms with Crippen molar-refractivity contribution in [3.05, 3.63) is 82.8 Å². The standard InChI is InChI=1S/C19H16BrFN4O3S/c20-17-15(25-29(27,28)14-6-2-1-3-7-14)8-9-16(18(17)21)24-19(26)23-12-13-5-4-10-22-11-13/h1-11,25H,12H2,(H2,23,24,26). The van der Waals surface area contributed by atoms with Gasteiger partial charge in [-0.05, 0) is 51.8 Å². The first-order valence-corrected chi connectivity index (χ1v) is 10.6. The maximum absolute atomic E-state index is 14.6. The van der Waals surface area contributed by atoms with Gasteiger partial charge < -0.3 is 10.6 Å². The molecule has 0 unspecified atom stereocenters. The summed E-state index contributed by atoms with van der Waals surface area (Å²) in [5, 5.41) is 4.98. The van der Waals surface area contributed by atoms with Crippen LogP contribution in [0.25, 0.3) is 0 Å². The Morgan fingerprint density at radius 1 is 1.03 bits per heavy atom. The molecular formula is C19H16BrFN4O3S. The van der Waals surface area contributed by atoms with Crippen molar-refractivity contribution in [2.45, 2.75) is 11.4 Å². The summed E-state index contributed by atoms with van der Waals surface area (Å²) in [6, 6.07) is 13.2. The molecule has 29 heavy (non-hydrogen) atoms. The molecule has 0 aliphatic carbocycles. The molecule has 150 valence electrons. The van der Waals surface area contributed by atoms with E-state index in [0.717, 1.165) is 5.56 Å². The lowest BCUT2D eigenvalue weighted by Gasteiger charge is -2.13. The van der Waals surface area contributed by atoms with Crippen molar-refractivity contribution >= 4 is 43.4 Å². The van der Waals surface area contributed by atoms with Gasteiger partial charge in [-0.3, -0.25) is 9.71 Å². The van der Waals surface area contributed by atoms with Crippen LogP contribution in [0.5, 0.6) is 0 Å². The van der Waals surface area contributed by atoms with Crippen molar-refractivity contribution in [2.24, 2.45) is 0 Å². The zero-order chi connectivity index (χ0) is 20.9. The van der Waals surface area contributed by atoms with Crippen LogP contribution in [0.1, 0.15) is 5.56 Å². The third-order valence-electron chi connectivity index (χ3n) is 3.80. The summed E-state index contributed by atoms with van der Waals surface area (Å²) in [5.74, 6) is -0.810. The van der Waals surface area contributed by atoms with Gasteiger partial charge in [0, 0.05) is 18.9 Å². The molecular weight excluding hydrogens is 463 g/mol. The van der Waals surface area contributed by atoms with E-state index in [1.54, 1.807) is 42.7 Å². The fourth-order valence-electron chi connectivity index (χ4n) is 2.38. The minimum absolute atomic E-state index is 0.00710. The number of amides is 2. The largest absolute Gasteiger partial charge is 0.334 e. The van der Waals surface area contributed by atoms with Crippen LogP contribution in [0.15, 0.2) is 76.4 Å². The molecule has 3 N–H and O–H groups in total. The number of carbonyl (C=O) groups is 1. The van der Waals surface area contributed by atoms with Gasteiger partial charge in [0.2, 0.25) is 0 Å². The molecule has 1 aromatic heterocycles. The Labute approximate surface area is 175 Å². The van der Waals surface area contributed by atoms with E-state index < -0.39 is 21.9 Å². The predicted molar refractivity (Wildman–Crippen MR) is 111 cm³/mol. The molecule has 0 fully saturated rings. The smallest absolute Gasteiger partial charge is 0.319 e. The lowest BCUT2D eigenvalue weighted by atomic mass is 10.2. The van der Waals surface area contributed by atoms with Gasteiger partial charge >= 0.3 is 6.03 Å². The van der Waals surface area contributed by atoms with Gasteiger partial charge in [0.1, 0.15) is 0 Å². The molecule has 0 radical (unpaired) electrons. The molecule has 2 amide bonds. The zero-order valence-corrected chi connectivity index (χ0v) is 17.3. The molecule has 3 aromatic rings. The number of halogens is 2. The van der Waals surface area contributed by atoms with Crippen LogP contribution in [0.3, 0.4) is 0 Å². The maximum atomic E-state index is 14.6. The number of aromatic nitrogens is 1. The van der Waals surface area contributed by atoms with E-state index in [0.29, 0.717) is 0 Å². The van der Waals surface area contributed by atoms with E-state index in [4.69, 9.17) is 0 Å². The second-order valence-electron chi connectivity index (χ2n) is 5.88. The lowest BCUT2D eigenvalue weighted by Crippen LogP contribution is -2.28. The third kappa shape index (κ3) is 5.30. The third-order valence-corrected chi connectivity index (χ3v) is 5.96. The Kier molecular flexibility index (Phi) is 6.45. The van der Waals surface area contributed by atoms with Crippen LogP contribution < -0.4 is 15.4 Å². The van der Waals surface area contributed by atoms with Crippen LogP contribution in [-0.4, -0.2) is 19.4 Å². The highest BCUT2D eigenvalue weighted by Crippen LogP contribution is 2.32. The molecule has 0 atom stereocenters. The van der Waals surface area contributed by atoms with Gasteiger partial charge in [0.25, 0.3) is 10.0 Å². The van der Waals surface area contributed by atoms with Gasteiger partial charge in [-0.2, -0.15) is 0 Å². The SMILES string of the molecule is O=C(NCc1cccnc1)Nc1ccc(NS(=O)(=O)c2ccccc2)c(Br)c1F. The molecule has 0 saturated carbocycles. The first-order chi connectivity index (χ1) is 13.9. The lowest BCUT2D eigenvalue weighted by molar-refractivity contribution is 0.251. The van der Waals surface area contributed by atoms with Crippen LogP contribution in [0.2, 0.25) is 0 Å². The van der Waals surface area contributed by atoms with Crippen molar-refractivity contribution in [3.63, 3.8) is 0 Å². The molecule has 0 aliphatic rings. The van der Waals surface area contributed by atoms with Gasteiger partial charge in [-0.15, -0.1) is 0 Å². The summed E-state index contributed by atoms with van der Waals surface area (Å²) in [7, 11) is -3.88. The number of carbonyl (C=O) groups excluding carboxylic acids is 1. The highest BCUT2D eigenvalue weighted by atomic mass is 79.9. The second kappa shape index (κ2) is 9.01. The number of sulfonamides is 1. The molecule has 0 bridgehead atoms. The van der Waals surface area contributed by atoms with E-state index in [2.05, 4.69) is 36.3 Å². The fourth-order valence-corrected chi connectivity index (χ4v) is 4.05. The number of anilines is 2. The molecule has 1 heterocycles. The van der Waals surface area contributed by atoms with Crippen molar-refractivity contribution in [1.82, 2.24) is 10.3 Å². The second-order valence-corrected chi connectivity index (χ2v) is 8.35. The Bertz CT molecular complexity index is 1110. The highest BCUT2D eigenvalue weighted by molar-refractivity contribution is 9.10. The summed E-state index contributed by atoms with van der Waals surface area (Å²) >= 11 is 3.04. The number of hydrogen-bond donors (Lipinski definition) is 3. The molecule has 0 spiro atoms.